The lowest BCUT2D eigenvalue weighted by Gasteiger charge is -2.23. The molecule has 0 aliphatic rings. The number of amides is 2. The van der Waals surface area contributed by atoms with Gasteiger partial charge in [0.15, 0.2) is 5.78 Å². The molecule has 0 fully saturated rings. The van der Waals surface area contributed by atoms with Gasteiger partial charge in [-0.1, -0.05) is 17.7 Å². The highest BCUT2D eigenvalue weighted by Gasteiger charge is 2.28. The third-order valence-electron chi connectivity index (χ3n) is 4.64. The van der Waals surface area contributed by atoms with Crippen LogP contribution in [0.15, 0.2) is 24.4 Å². The molecule has 0 bridgehead atoms. The van der Waals surface area contributed by atoms with Crippen molar-refractivity contribution in [2.75, 3.05) is 0 Å². The zero-order valence-electron chi connectivity index (χ0n) is 18.2. The minimum absolute atomic E-state index is 0.0239. The second-order valence-corrected chi connectivity index (χ2v) is 8.09. The maximum atomic E-state index is 13.0. The van der Waals surface area contributed by atoms with Crippen LogP contribution in [-0.2, 0) is 30.3 Å². The zero-order valence-corrected chi connectivity index (χ0v) is 18.9. The maximum absolute atomic E-state index is 13.0. The minimum atomic E-state index is -1.09. The highest BCUT2D eigenvalue weighted by atomic mass is 35.5. The van der Waals surface area contributed by atoms with Gasteiger partial charge in [0, 0.05) is 41.9 Å². The highest BCUT2D eigenvalue weighted by Crippen LogP contribution is 2.23. The van der Waals surface area contributed by atoms with Gasteiger partial charge in [-0.05, 0) is 38.0 Å². The molecule has 4 N–H and O–H groups in total. The largest absolute Gasteiger partial charge is 0.461 e. The van der Waals surface area contributed by atoms with E-state index in [0.29, 0.717) is 11.2 Å². The first-order valence-electron chi connectivity index (χ1n) is 10.2. The Morgan fingerprint density at radius 1 is 1.19 bits per heavy atom. The van der Waals surface area contributed by atoms with Crippen LogP contribution >= 0.6 is 11.6 Å². The van der Waals surface area contributed by atoms with Gasteiger partial charge < -0.3 is 25.8 Å². The fourth-order valence-corrected chi connectivity index (χ4v) is 3.37. The summed E-state index contributed by atoms with van der Waals surface area (Å²) in [7, 11) is 0. The van der Waals surface area contributed by atoms with Crippen LogP contribution in [0.3, 0.4) is 0 Å². The average molecular weight is 463 g/mol. The van der Waals surface area contributed by atoms with Crippen LogP contribution in [0.2, 0.25) is 5.02 Å². The third kappa shape index (κ3) is 7.19. The fraction of sp³-hybridized carbons (Fsp3) is 0.409. The van der Waals surface area contributed by atoms with E-state index in [2.05, 4.69) is 15.6 Å². The van der Waals surface area contributed by atoms with Gasteiger partial charge in [0.1, 0.15) is 12.1 Å². The van der Waals surface area contributed by atoms with E-state index in [9.17, 15) is 19.2 Å². The van der Waals surface area contributed by atoms with E-state index in [1.807, 2.05) is 6.07 Å². The van der Waals surface area contributed by atoms with Crippen molar-refractivity contribution < 1.29 is 23.9 Å². The quantitative estimate of drug-likeness (QED) is 0.299. The van der Waals surface area contributed by atoms with Crippen molar-refractivity contribution >= 4 is 52.3 Å². The van der Waals surface area contributed by atoms with E-state index in [1.54, 1.807) is 32.2 Å². The molecule has 2 rings (SSSR count). The van der Waals surface area contributed by atoms with Crippen molar-refractivity contribution in [3.05, 3.63) is 35.0 Å². The number of hydrogen-bond acceptors (Lipinski definition) is 6. The topological polar surface area (TPSA) is 141 Å². The minimum Gasteiger partial charge on any atom is -0.461 e. The zero-order chi connectivity index (χ0) is 23.8. The molecule has 172 valence electrons. The Bertz CT molecular complexity index is 1020. The van der Waals surface area contributed by atoms with Gasteiger partial charge >= 0.3 is 5.97 Å². The summed E-state index contributed by atoms with van der Waals surface area (Å²) in [5.74, 6) is -2.16. The number of benzene rings is 1. The molecule has 0 saturated heterocycles. The number of carbonyl (C=O) groups is 4. The summed E-state index contributed by atoms with van der Waals surface area (Å²) >= 11 is 6.02. The molecule has 0 aliphatic carbocycles. The maximum Gasteiger partial charge on any atom is 0.328 e. The van der Waals surface area contributed by atoms with Crippen LogP contribution in [0.4, 0.5) is 0 Å². The van der Waals surface area contributed by atoms with Crippen molar-refractivity contribution in [2.45, 2.75) is 58.2 Å². The van der Waals surface area contributed by atoms with Crippen molar-refractivity contribution in [3.8, 4) is 0 Å². The summed E-state index contributed by atoms with van der Waals surface area (Å²) in [5, 5.41) is 13.6. The Balaban J connectivity index is 2.22. The number of carbonyl (C=O) groups excluding carboxylic acids is 4. The Labute approximate surface area is 190 Å². The number of hydrogen-bond donors (Lipinski definition) is 4. The predicted octanol–water partition coefficient (Wildman–Crippen LogP) is 2.30. The molecule has 0 saturated carbocycles. The van der Waals surface area contributed by atoms with Gasteiger partial charge in [-0.3, -0.25) is 14.4 Å². The Morgan fingerprint density at radius 2 is 1.91 bits per heavy atom. The van der Waals surface area contributed by atoms with Crippen molar-refractivity contribution in [2.24, 2.45) is 0 Å². The highest BCUT2D eigenvalue weighted by molar-refractivity contribution is 6.31. The molecule has 2 amide bonds. The van der Waals surface area contributed by atoms with Gasteiger partial charge in [0.2, 0.25) is 11.8 Å². The fourth-order valence-electron chi connectivity index (χ4n) is 3.20. The van der Waals surface area contributed by atoms with Crippen LogP contribution in [0, 0.1) is 5.41 Å². The van der Waals surface area contributed by atoms with Crippen molar-refractivity contribution in [1.29, 1.82) is 5.41 Å². The number of Topliss-reactive ketones (excluding diaryl/α,β-unsaturated/α-hetero) is 1. The first kappa shape index (κ1) is 25.1. The number of nitrogens with one attached hydrogen (secondary N) is 4. The summed E-state index contributed by atoms with van der Waals surface area (Å²) in [6, 6.07) is 3.25. The Hall–Kier alpha value is -3.20. The summed E-state index contributed by atoms with van der Waals surface area (Å²) in [6.07, 6.45) is 2.02. The number of aromatic nitrogens is 1. The molecular weight excluding hydrogens is 436 g/mol. The number of rotatable bonds is 11. The normalized spacial score (nSPS) is 12.8. The average Bonchev–Trinajstić information content (AvgIpc) is 3.10. The molecule has 0 unspecified atom stereocenters. The van der Waals surface area contributed by atoms with E-state index in [4.69, 9.17) is 21.7 Å². The molecule has 1 aromatic carbocycles. The van der Waals surface area contributed by atoms with E-state index < -0.39 is 41.8 Å². The van der Waals surface area contributed by atoms with Gasteiger partial charge in [0.05, 0.1) is 12.3 Å². The van der Waals surface area contributed by atoms with Gasteiger partial charge in [0.25, 0.3) is 0 Å². The first-order valence-corrected chi connectivity index (χ1v) is 10.5. The number of ketones is 1. The molecule has 1 heterocycles. The Kier molecular flexibility index (Phi) is 8.95. The molecule has 10 heteroatoms. The lowest BCUT2D eigenvalue weighted by molar-refractivity contribution is -0.151. The van der Waals surface area contributed by atoms with E-state index in [0.717, 1.165) is 16.5 Å². The number of fused-ring (bicyclic) bond motifs is 1. The third-order valence-corrected chi connectivity index (χ3v) is 4.88. The molecule has 9 nitrogen and oxygen atoms in total. The number of aromatic amines is 1. The van der Waals surface area contributed by atoms with Crippen LogP contribution in [0.25, 0.3) is 10.9 Å². The van der Waals surface area contributed by atoms with Crippen LogP contribution in [-0.4, -0.2) is 53.0 Å². The molecule has 1 aromatic heterocycles. The van der Waals surface area contributed by atoms with Crippen LogP contribution in [0.1, 0.15) is 39.2 Å². The first-order chi connectivity index (χ1) is 15.1. The van der Waals surface area contributed by atoms with Gasteiger partial charge in [-0.15, -0.1) is 0 Å². The lowest BCUT2D eigenvalue weighted by Crippen LogP contribution is -2.52. The summed E-state index contributed by atoms with van der Waals surface area (Å²) in [5.41, 5.74) is 1.57. The molecular formula is C22H27ClN4O5. The molecule has 0 radical (unpaired) electrons. The molecule has 0 aliphatic heterocycles. The molecule has 2 aromatic rings. The summed E-state index contributed by atoms with van der Waals surface area (Å²) in [4.78, 5) is 51.8. The van der Waals surface area contributed by atoms with E-state index >= 15 is 0 Å². The molecule has 0 spiro atoms. The second-order valence-electron chi connectivity index (χ2n) is 7.66. The summed E-state index contributed by atoms with van der Waals surface area (Å²) in [6.45, 7) is 4.63. The number of esters is 1. The number of halogens is 1. The smallest absolute Gasteiger partial charge is 0.328 e. The number of ether oxygens (including phenoxy) is 1. The monoisotopic (exact) mass is 462 g/mol. The SMILES string of the molecule is CC(=O)N[C@@H](Cc1c[nH]c2cc(Cl)ccc12)C(=O)N[C@@H](CCC(=O)C=N)C(=O)OC(C)C. The van der Waals surface area contributed by atoms with Crippen LogP contribution < -0.4 is 10.6 Å². The van der Waals surface area contributed by atoms with Crippen LogP contribution in [0.5, 0.6) is 0 Å². The second kappa shape index (κ2) is 11.4. The van der Waals surface area contributed by atoms with E-state index in [1.165, 1.54) is 6.92 Å². The molecule has 32 heavy (non-hydrogen) atoms. The van der Waals surface area contributed by atoms with Crippen molar-refractivity contribution in [1.82, 2.24) is 15.6 Å². The summed E-state index contributed by atoms with van der Waals surface area (Å²) < 4.78 is 5.19. The standard InChI is InChI=1S/C22H27ClN4O5/c1-12(2)32-22(31)18(7-5-16(29)10-24)27-21(30)20(26-13(3)28)8-14-11-25-19-9-15(23)4-6-17(14)19/h4,6,9-12,18,20,24-25H,5,7-8H2,1-3H3,(H,26,28)(H,27,30)/t18-,20-/m0/s1. The van der Waals surface area contributed by atoms with E-state index in [-0.39, 0.29) is 19.3 Å². The molecule has 2 atom stereocenters. The van der Waals surface area contributed by atoms with Crippen molar-refractivity contribution in [3.63, 3.8) is 0 Å². The lowest BCUT2D eigenvalue weighted by atomic mass is 10.0. The number of H-pyrrole nitrogens is 1. The predicted molar refractivity (Wildman–Crippen MR) is 121 cm³/mol. The van der Waals surface area contributed by atoms with Gasteiger partial charge in [-0.25, -0.2) is 4.79 Å². The van der Waals surface area contributed by atoms with Gasteiger partial charge in [-0.2, -0.15) is 0 Å². The Morgan fingerprint density at radius 3 is 2.53 bits per heavy atom.